The molecule has 4 rings (SSSR count). The first-order valence-electron chi connectivity index (χ1n) is 13.4. The SMILES string of the molecule is CC(C)C=Cc1cccc(N(Cc2ccc(-c3ccc(N(C)C)cc3)cc2)C(=O)C2CCCCC2)c1. The molecule has 0 heterocycles. The Bertz CT molecular complexity index is 1150. The van der Waals surface area contributed by atoms with Gasteiger partial charge < -0.3 is 9.80 Å². The van der Waals surface area contributed by atoms with Gasteiger partial charge in [-0.2, -0.15) is 0 Å². The van der Waals surface area contributed by atoms with Crippen molar-refractivity contribution in [2.45, 2.75) is 52.5 Å². The molecule has 1 saturated carbocycles. The fourth-order valence-electron chi connectivity index (χ4n) is 4.90. The molecule has 0 aromatic heterocycles. The Morgan fingerprint density at radius 3 is 2.11 bits per heavy atom. The van der Waals surface area contributed by atoms with Gasteiger partial charge in [-0.15, -0.1) is 0 Å². The number of carbonyl (C=O) groups excluding carboxylic acids is 1. The molecule has 0 spiro atoms. The molecule has 1 aliphatic rings. The summed E-state index contributed by atoms with van der Waals surface area (Å²) in [7, 11) is 4.11. The van der Waals surface area contributed by atoms with Crippen LogP contribution in [0.4, 0.5) is 11.4 Å². The van der Waals surface area contributed by atoms with E-state index in [-0.39, 0.29) is 11.8 Å². The van der Waals surface area contributed by atoms with E-state index in [0.717, 1.165) is 42.5 Å². The van der Waals surface area contributed by atoms with E-state index in [2.05, 4.69) is 118 Å². The number of hydrogen-bond acceptors (Lipinski definition) is 2. The van der Waals surface area contributed by atoms with Crippen LogP contribution < -0.4 is 9.80 Å². The van der Waals surface area contributed by atoms with Crippen molar-refractivity contribution in [1.29, 1.82) is 0 Å². The van der Waals surface area contributed by atoms with Crippen molar-refractivity contribution in [3.63, 3.8) is 0 Å². The second kappa shape index (κ2) is 12.1. The molecule has 0 N–H and O–H groups in total. The van der Waals surface area contributed by atoms with Crippen LogP contribution in [0.2, 0.25) is 0 Å². The molecule has 0 bridgehead atoms. The molecule has 36 heavy (non-hydrogen) atoms. The highest BCUT2D eigenvalue weighted by Gasteiger charge is 2.27. The number of rotatable bonds is 8. The summed E-state index contributed by atoms with van der Waals surface area (Å²) >= 11 is 0. The van der Waals surface area contributed by atoms with Crippen LogP contribution in [0.5, 0.6) is 0 Å². The number of allylic oxidation sites excluding steroid dienone is 1. The van der Waals surface area contributed by atoms with Gasteiger partial charge in [0, 0.05) is 31.4 Å². The topological polar surface area (TPSA) is 23.6 Å². The molecule has 0 unspecified atom stereocenters. The molecule has 3 heteroatoms. The Hall–Kier alpha value is -3.33. The van der Waals surface area contributed by atoms with Gasteiger partial charge in [0.25, 0.3) is 0 Å². The fraction of sp³-hybridized carbons (Fsp3) is 0.364. The number of anilines is 2. The molecule has 188 valence electrons. The molecule has 3 aromatic carbocycles. The van der Waals surface area contributed by atoms with Crippen LogP contribution in [0.1, 0.15) is 57.1 Å². The highest BCUT2D eigenvalue weighted by Crippen LogP contribution is 2.30. The van der Waals surface area contributed by atoms with Gasteiger partial charge in [0.2, 0.25) is 5.91 Å². The second-order valence-electron chi connectivity index (χ2n) is 10.6. The van der Waals surface area contributed by atoms with Gasteiger partial charge in [0.15, 0.2) is 0 Å². The molecule has 1 fully saturated rings. The van der Waals surface area contributed by atoms with Gasteiger partial charge in [0.1, 0.15) is 0 Å². The predicted molar refractivity (Wildman–Crippen MR) is 154 cm³/mol. The molecule has 3 aromatic rings. The molecule has 1 amide bonds. The van der Waals surface area contributed by atoms with Crippen LogP contribution >= 0.6 is 0 Å². The van der Waals surface area contributed by atoms with Gasteiger partial charge >= 0.3 is 0 Å². The number of benzene rings is 3. The van der Waals surface area contributed by atoms with Crippen LogP contribution in [0.3, 0.4) is 0 Å². The minimum Gasteiger partial charge on any atom is -0.378 e. The molecular weight excluding hydrogens is 440 g/mol. The predicted octanol–water partition coefficient (Wildman–Crippen LogP) is 8.20. The van der Waals surface area contributed by atoms with Crippen LogP contribution in [0, 0.1) is 11.8 Å². The van der Waals surface area contributed by atoms with Gasteiger partial charge in [0.05, 0.1) is 6.54 Å². The summed E-state index contributed by atoms with van der Waals surface area (Å²) in [6, 6.07) is 25.7. The number of carbonyl (C=O) groups is 1. The Kier molecular flexibility index (Phi) is 8.64. The lowest BCUT2D eigenvalue weighted by molar-refractivity contribution is -0.123. The third-order valence-corrected chi connectivity index (χ3v) is 7.09. The maximum Gasteiger partial charge on any atom is 0.230 e. The fourth-order valence-corrected chi connectivity index (χ4v) is 4.90. The van der Waals surface area contributed by atoms with E-state index < -0.39 is 0 Å². The van der Waals surface area contributed by atoms with Crippen molar-refractivity contribution >= 4 is 23.4 Å². The first kappa shape index (κ1) is 25.8. The summed E-state index contributed by atoms with van der Waals surface area (Å²) in [5.74, 6) is 0.886. The molecule has 3 nitrogen and oxygen atoms in total. The highest BCUT2D eigenvalue weighted by atomic mass is 16.2. The standard InChI is InChI=1S/C33H40N2O/c1-25(2)13-14-26-9-8-12-32(23-26)35(33(36)30-10-6-5-7-11-30)24-27-15-17-28(18-16-27)29-19-21-31(22-20-29)34(3)4/h8-9,12-23,25,30H,5-7,10-11,24H2,1-4H3. The first-order valence-corrected chi connectivity index (χ1v) is 13.4. The normalized spacial score (nSPS) is 14.4. The van der Waals surface area contributed by atoms with E-state index in [1.54, 1.807) is 0 Å². The summed E-state index contributed by atoms with van der Waals surface area (Å²) in [5.41, 5.74) is 6.86. The molecule has 0 aliphatic heterocycles. The third-order valence-electron chi connectivity index (χ3n) is 7.09. The third kappa shape index (κ3) is 6.66. The number of nitrogens with zero attached hydrogens (tertiary/aromatic N) is 2. The molecule has 1 aliphatic carbocycles. The van der Waals surface area contributed by atoms with Crippen molar-refractivity contribution in [1.82, 2.24) is 0 Å². The summed E-state index contributed by atoms with van der Waals surface area (Å²) < 4.78 is 0. The minimum absolute atomic E-state index is 0.128. The summed E-state index contributed by atoms with van der Waals surface area (Å²) in [6.07, 6.45) is 9.93. The Morgan fingerprint density at radius 2 is 1.50 bits per heavy atom. The van der Waals surface area contributed by atoms with Gasteiger partial charge in [-0.3, -0.25) is 4.79 Å². The zero-order valence-corrected chi connectivity index (χ0v) is 22.3. The van der Waals surface area contributed by atoms with Gasteiger partial charge in [-0.25, -0.2) is 0 Å². The largest absolute Gasteiger partial charge is 0.378 e. The van der Waals surface area contributed by atoms with Crippen molar-refractivity contribution in [3.8, 4) is 11.1 Å². The quantitative estimate of drug-likeness (QED) is 0.324. The lowest BCUT2D eigenvalue weighted by Gasteiger charge is -2.30. The van der Waals surface area contributed by atoms with Crippen LogP contribution in [-0.2, 0) is 11.3 Å². The molecule has 0 radical (unpaired) electrons. The summed E-state index contributed by atoms with van der Waals surface area (Å²) in [4.78, 5) is 17.9. The van der Waals surface area contributed by atoms with E-state index in [1.165, 1.54) is 23.2 Å². The summed E-state index contributed by atoms with van der Waals surface area (Å²) in [5, 5.41) is 0. The monoisotopic (exact) mass is 480 g/mol. The Morgan fingerprint density at radius 1 is 0.861 bits per heavy atom. The highest BCUT2D eigenvalue weighted by molar-refractivity contribution is 5.95. The van der Waals surface area contributed by atoms with E-state index in [4.69, 9.17) is 0 Å². The second-order valence-corrected chi connectivity index (χ2v) is 10.6. The summed E-state index contributed by atoms with van der Waals surface area (Å²) in [6.45, 7) is 4.95. The Balaban J connectivity index is 1.58. The lowest BCUT2D eigenvalue weighted by atomic mass is 9.88. The maximum atomic E-state index is 13.8. The zero-order chi connectivity index (χ0) is 25.5. The first-order chi connectivity index (χ1) is 17.4. The molecule has 0 saturated heterocycles. The van der Waals surface area contributed by atoms with Crippen molar-refractivity contribution in [2.24, 2.45) is 11.8 Å². The van der Waals surface area contributed by atoms with Crippen LogP contribution in [0.25, 0.3) is 17.2 Å². The minimum atomic E-state index is 0.128. The number of amides is 1. The van der Waals surface area contributed by atoms with Crippen molar-refractivity contribution in [2.75, 3.05) is 23.9 Å². The number of hydrogen-bond donors (Lipinski definition) is 0. The van der Waals surface area contributed by atoms with Crippen LogP contribution in [-0.4, -0.2) is 20.0 Å². The lowest BCUT2D eigenvalue weighted by Crippen LogP contribution is -2.36. The van der Waals surface area contributed by atoms with Crippen molar-refractivity contribution in [3.05, 3.63) is 90.0 Å². The average molecular weight is 481 g/mol. The molecule has 0 atom stereocenters. The smallest absolute Gasteiger partial charge is 0.230 e. The van der Waals surface area contributed by atoms with E-state index >= 15 is 0 Å². The average Bonchev–Trinajstić information content (AvgIpc) is 2.91. The van der Waals surface area contributed by atoms with E-state index in [0.29, 0.717) is 12.5 Å². The Labute approximate surface area is 217 Å². The zero-order valence-electron chi connectivity index (χ0n) is 22.3. The van der Waals surface area contributed by atoms with Crippen molar-refractivity contribution < 1.29 is 4.79 Å². The molecular formula is C33H40N2O. The van der Waals surface area contributed by atoms with E-state index in [9.17, 15) is 4.79 Å². The van der Waals surface area contributed by atoms with E-state index in [1.807, 2.05) is 4.90 Å². The van der Waals surface area contributed by atoms with Gasteiger partial charge in [-0.05, 0) is 65.3 Å². The maximum absolute atomic E-state index is 13.8. The van der Waals surface area contributed by atoms with Crippen LogP contribution in [0.15, 0.2) is 78.9 Å². The van der Waals surface area contributed by atoms with Gasteiger partial charge in [-0.1, -0.05) is 93.8 Å².